The lowest BCUT2D eigenvalue weighted by molar-refractivity contribution is 0.215. The van der Waals surface area contributed by atoms with Gasteiger partial charge in [-0.1, -0.05) is 12.1 Å². The highest BCUT2D eigenvalue weighted by molar-refractivity contribution is 7.98. The van der Waals surface area contributed by atoms with E-state index in [-0.39, 0.29) is 12.6 Å². The van der Waals surface area contributed by atoms with Crippen LogP contribution in [0.2, 0.25) is 0 Å². The molecule has 1 heterocycles. The molecular weight excluding hydrogens is 300 g/mol. The first kappa shape index (κ1) is 16.5. The third kappa shape index (κ3) is 4.29. The van der Waals surface area contributed by atoms with Gasteiger partial charge >= 0.3 is 6.03 Å². The van der Waals surface area contributed by atoms with Crippen LogP contribution in [0.1, 0.15) is 29.5 Å². The molecule has 0 unspecified atom stereocenters. The fraction of sp³-hybridized carbons (Fsp3) is 0.312. The van der Waals surface area contributed by atoms with E-state index in [1.165, 1.54) is 6.26 Å². The van der Waals surface area contributed by atoms with Crippen LogP contribution in [0.15, 0.2) is 47.1 Å². The lowest BCUT2D eigenvalue weighted by Crippen LogP contribution is -2.34. The summed E-state index contributed by atoms with van der Waals surface area (Å²) >= 11 is 1.74. The molecule has 6 heteroatoms. The van der Waals surface area contributed by atoms with E-state index in [1.807, 2.05) is 30.5 Å². The summed E-state index contributed by atoms with van der Waals surface area (Å²) in [4.78, 5) is 12.0. The molecule has 2 rings (SSSR count). The van der Waals surface area contributed by atoms with Gasteiger partial charge < -0.3 is 20.2 Å². The van der Waals surface area contributed by atoms with E-state index in [0.29, 0.717) is 16.7 Å². The van der Waals surface area contributed by atoms with E-state index in [2.05, 4.69) is 17.6 Å². The van der Waals surface area contributed by atoms with Crippen molar-refractivity contribution in [3.05, 3.63) is 54.0 Å². The Bertz CT molecular complexity index is 601. The first-order chi connectivity index (χ1) is 10.6. The van der Waals surface area contributed by atoms with Gasteiger partial charge in [0, 0.05) is 10.9 Å². The highest BCUT2D eigenvalue weighted by atomic mass is 32.2. The molecule has 0 bridgehead atoms. The largest absolute Gasteiger partial charge is 0.467 e. The predicted molar refractivity (Wildman–Crippen MR) is 89.1 cm³/mol. The summed E-state index contributed by atoms with van der Waals surface area (Å²) in [5.74, 6) is 0.516. The summed E-state index contributed by atoms with van der Waals surface area (Å²) in [5.41, 5.74) is 1.86. The first-order valence-electron chi connectivity index (χ1n) is 6.98. The molecule has 0 radical (unpaired) electrons. The number of hydrogen-bond donors (Lipinski definition) is 3. The van der Waals surface area contributed by atoms with Crippen LogP contribution < -0.4 is 10.6 Å². The van der Waals surface area contributed by atoms with E-state index in [1.54, 1.807) is 23.9 Å². The number of carbonyl (C=O) groups excluding carboxylic acids is 1. The van der Waals surface area contributed by atoms with Gasteiger partial charge in [-0.25, -0.2) is 4.79 Å². The van der Waals surface area contributed by atoms with Crippen LogP contribution in [0, 0.1) is 0 Å². The van der Waals surface area contributed by atoms with Gasteiger partial charge in [-0.2, -0.15) is 11.8 Å². The lowest BCUT2D eigenvalue weighted by atomic mass is 10.1. The monoisotopic (exact) mass is 320 g/mol. The van der Waals surface area contributed by atoms with Crippen LogP contribution >= 0.6 is 11.8 Å². The topological polar surface area (TPSA) is 74.5 Å². The van der Waals surface area contributed by atoms with Gasteiger partial charge in [0.1, 0.15) is 11.8 Å². The van der Waals surface area contributed by atoms with Crippen molar-refractivity contribution in [1.29, 1.82) is 0 Å². The molecule has 1 aromatic carbocycles. The summed E-state index contributed by atoms with van der Waals surface area (Å²) in [6.45, 7) is 1.88. The average molecular weight is 320 g/mol. The first-order valence-corrected chi connectivity index (χ1v) is 8.27. The van der Waals surface area contributed by atoms with Crippen molar-refractivity contribution in [2.24, 2.45) is 0 Å². The average Bonchev–Trinajstić information content (AvgIpc) is 3.06. The second-order valence-corrected chi connectivity index (χ2v) is 6.03. The molecule has 22 heavy (non-hydrogen) atoms. The number of carbonyl (C=O) groups is 1. The van der Waals surface area contributed by atoms with E-state index in [4.69, 9.17) is 4.42 Å². The number of hydrogen-bond acceptors (Lipinski definition) is 4. The quantitative estimate of drug-likeness (QED) is 0.761. The second kappa shape index (κ2) is 7.91. The van der Waals surface area contributed by atoms with Crippen molar-refractivity contribution < 1.29 is 14.3 Å². The smallest absolute Gasteiger partial charge is 0.319 e. The Labute approximate surface area is 134 Å². The zero-order chi connectivity index (χ0) is 15.9. The van der Waals surface area contributed by atoms with E-state index < -0.39 is 6.04 Å². The third-order valence-electron chi connectivity index (χ3n) is 3.34. The molecule has 5 nitrogen and oxygen atoms in total. The van der Waals surface area contributed by atoms with Crippen molar-refractivity contribution in [2.45, 2.75) is 18.2 Å². The maximum atomic E-state index is 12.0. The van der Waals surface area contributed by atoms with E-state index in [9.17, 15) is 9.90 Å². The molecule has 2 aromatic rings. The van der Waals surface area contributed by atoms with Crippen LogP contribution in [0.25, 0.3) is 0 Å². The molecule has 0 saturated carbocycles. The molecule has 0 saturated heterocycles. The van der Waals surface area contributed by atoms with Gasteiger partial charge in [-0.15, -0.1) is 0 Å². The Morgan fingerprint density at radius 1 is 1.36 bits per heavy atom. The SMILES string of the molecule is CS[C@@H](C)c1cccc(NC(=O)N[C@@H](CO)c2ccco2)c1. The van der Waals surface area contributed by atoms with Gasteiger partial charge in [0.15, 0.2) is 0 Å². The molecule has 0 aliphatic carbocycles. The van der Waals surface area contributed by atoms with Crippen molar-refractivity contribution in [2.75, 3.05) is 18.2 Å². The van der Waals surface area contributed by atoms with Crippen molar-refractivity contribution in [1.82, 2.24) is 5.32 Å². The van der Waals surface area contributed by atoms with Crippen LogP contribution in [0.3, 0.4) is 0 Å². The summed E-state index contributed by atoms with van der Waals surface area (Å²) in [5, 5.41) is 15.2. The van der Waals surface area contributed by atoms with Gasteiger partial charge in [-0.05, 0) is 43.0 Å². The summed E-state index contributed by atoms with van der Waals surface area (Å²) < 4.78 is 5.20. The Hall–Kier alpha value is -1.92. The maximum Gasteiger partial charge on any atom is 0.319 e. The van der Waals surface area contributed by atoms with E-state index >= 15 is 0 Å². The van der Waals surface area contributed by atoms with Gasteiger partial charge in [0.2, 0.25) is 0 Å². The number of benzene rings is 1. The molecule has 2 amide bonds. The van der Waals surface area contributed by atoms with Crippen LogP contribution in [-0.2, 0) is 0 Å². The molecule has 118 valence electrons. The summed E-state index contributed by atoms with van der Waals surface area (Å²) in [6.07, 6.45) is 3.55. The lowest BCUT2D eigenvalue weighted by Gasteiger charge is -2.15. The Morgan fingerprint density at radius 2 is 2.18 bits per heavy atom. The van der Waals surface area contributed by atoms with Crippen molar-refractivity contribution >= 4 is 23.5 Å². The molecular formula is C16H20N2O3S. The molecule has 3 N–H and O–H groups in total. The number of rotatable bonds is 6. The molecule has 0 aliphatic rings. The highest BCUT2D eigenvalue weighted by Gasteiger charge is 2.16. The maximum absolute atomic E-state index is 12.0. The summed E-state index contributed by atoms with van der Waals surface area (Å²) in [7, 11) is 0. The molecule has 1 aromatic heterocycles. The Morgan fingerprint density at radius 3 is 2.82 bits per heavy atom. The van der Waals surface area contributed by atoms with Gasteiger partial charge in [0.25, 0.3) is 0 Å². The minimum absolute atomic E-state index is 0.232. The number of aliphatic hydroxyl groups excluding tert-OH is 1. The fourth-order valence-electron chi connectivity index (χ4n) is 2.03. The standard InChI is InChI=1S/C16H20N2O3S/c1-11(22-2)12-5-3-6-13(9-12)17-16(20)18-14(10-19)15-7-4-8-21-15/h3-9,11,14,19H,10H2,1-2H3,(H2,17,18,20)/t11-,14-/m0/s1. The number of anilines is 1. The van der Waals surface area contributed by atoms with Crippen LogP contribution in [0.4, 0.5) is 10.5 Å². The number of thioether (sulfide) groups is 1. The Kier molecular flexibility index (Phi) is 5.91. The van der Waals surface area contributed by atoms with Gasteiger partial charge in [0.05, 0.1) is 12.9 Å². The van der Waals surface area contributed by atoms with Crippen LogP contribution in [-0.4, -0.2) is 24.0 Å². The Balaban J connectivity index is 1.99. The fourth-order valence-corrected chi connectivity index (χ4v) is 2.45. The minimum Gasteiger partial charge on any atom is -0.467 e. The summed E-state index contributed by atoms with van der Waals surface area (Å²) in [6, 6.07) is 10.2. The minimum atomic E-state index is -0.566. The molecule has 0 aliphatic heterocycles. The van der Waals surface area contributed by atoms with E-state index in [0.717, 1.165) is 5.56 Å². The predicted octanol–water partition coefficient (Wildman–Crippen LogP) is 3.56. The number of nitrogens with one attached hydrogen (secondary N) is 2. The number of urea groups is 1. The molecule has 0 spiro atoms. The zero-order valence-corrected chi connectivity index (χ0v) is 13.4. The third-order valence-corrected chi connectivity index (χ3v) is 4.32. The number of furan rings is 1. The second-order valence-electron chi connectivity index (χ2n) is 4.85. The number of aliphatic hydroxyl groups is 1. The molecule has 2 atom stereocenters. The van der Waals surface area contributed by atoms with Crippen molar-refractivity contribution in [3.63, 3.8) is 0 Å². The zero-order valence-electron chi connectivity index (χ0n) is 12.6. The van der Waals surface area contributed by atoms with Crippen molar-refractivity contribution in [3.8, 4) is 0 Å². The highest BCUT2D eigenvalue weighted by Crippen LogP contribution is 2.27. The van der Waals surface area contributed by atoms with Crippen LogP contribution in [0.5, 0.6) is 0 Å². The van der Waals surface area contributed by atoms with Gasteiger partial charge in [-0.3, -0.25) is 0 Å². The molecule has 0 fully saturated rings. The normalized spacial score (nSPS) is 13.4. The number of amides is 2.